The van der Waals surface area contributed by atoms with Crippen molar-refractivity contribution in [3.05, 3.63) is 35.9 Å². The van der Waals surface area contributed by atoms with E-state index in [2.05, 4.69) is 12.1 Å². The Morgan fingerprint density at radius 3 is 2.76 bits per heavy atom. The van der Waals surface area contributed by atoms with E-state index in [9.17, 15) is 4.79 Å². The third-order valence-electron chi connectivity index (χ3n) is 2.81. The van der Waals surface area contributed by atoms with Gasteiger partial charge in [0.1, 0.15) is 0 Å². The first-order chi connectivity index (χ1) is 8.31. The van der Waals surface area contributed by atoms with Crippen LogP contribution in [0.4, 0.5) is 4.79 Å². The molecule has 0 unspecified atom stereocenters. The highest BCUT2D eigenvalue weighted by molar-refractivity contribution is 5.67. The summed E-state index contributed by atoms with van der Waals surface area (Å²) in [6.07, 6.45) is 0.770. The maximum atomic E-state index is 11.7. The van der Waals surface area contributed by atoms with Crippen LogP contribution in [-0.2, 0) is 11.3 Å². The molecule has 17 heavy (non-hydrogen) atoms. The molecule has 2 rings (SSSR count). The van der Waals surface area contributed by atoms with Crippen LogP contribution in [-0.4, -0.2) is 35.8 Å². The fraction of sp³-hybridized carbons (Fsp3) is 0.462. The highest BCUT2D eigenvalue weighted by Crippen LogP contribution is 2.15. The minimum Gasteiger partial charge on any atom is -0.449 e. The average Bonchev–Trinajstić information content (AvgIpc) is 2.79. The third kappa shape index (κ3) is 2.97. The number of hydrogen-bond donors (Lipinski definition) is 0. The molecule has 1 aromatic rings. The van der Waals surface area contributed by atoms with Crippen LogP contribution in [0.3, 0.4) is 0 Å². The summed E-state index contributed by atoms with van der Waals surface area (Å²) in [7, 11) is 0. The lowest BCUT2D eigenvalue weighted by molar-refractivity contribution is 0.0102. The van der Waals surface area contributed by atoms with E-state index in [0.717, 1.165) is 26.1 Å². The zero-order valence-corrected chi connectivity index (χ0v) is 10.1. The van der Waals surface area contributed by atoms with E-state index in [1.807, 2.05) is 30.1 Å². The molecule has 0 atom stereocenters. The van der Waals surface area contributed by atoms with Crippen molar-refractivity contribution in [2.24, 2.45) is 0 Å². The van der Waals surface area contributed by atoms with Gasteiger partial charge in [-0.3, -0.25) is 0 Å². The normalized spacial score (nSPS) is 16.2. The van der Waals surface area contributed by atoms with E-state index in [1.54, 1.807) is 5.01 Å². The first-order valence-electron chi connectivity index (χ1n) is 6.04. The molecule has 0 spiro atoms. The summed E-state index contributed by atoms with van der Waals surface area (Å²) in [4.78, 5) is 11.7. The van der Waals surface area contributed by atoms with Gasteiger partial charge in [0, 0.05) is 19.6 Å². The highest BCUT2D eigenvalue weighted by atomic mass is 16.6. The van der Waals surface area contributed by atoms with Crippen molar-refractivity contribution in [1.29, 1.82) is 0 Å². The summed E-state index contributed by atoms with van der Waals surface area (Å²) in [5, 5.41) is 3.75. The largest absolute Gasteiger partial charge is 0.449 e. The quantitative estimate of drug-likeness (QED) is 0.804. The molecule has 1 amide bonds. The van der Waals surface area contributed by atoms with Gasteiger partial charge in [0.2, 0.25) is 0 Å². The summed E-state index contributed by atoms with van der Waals surface area (Å²) in [5.74, 6) is 0. The lowest BCUT2D eigenvalue weighted by Crippen LogP contribution is -2.41. The monoisotopic (exact) mass is 234 g/mol. The number of ether oxygens (including phenoxy) is 1. The van der Waals surface area contributed by atoms with Crippen molar-refractivity contribution < 1.29 is 9.53 Å². The van der Waals surface area contributed by atoms with Crippen LogP contribution in [0.25, 0.3) is 0 Å². The fourth-order valence-corrected chi connectivity index (χ4v) is 2.03. The predicted molar refractivity (Wildman–Crippen MR) is 65.2 cm³/mol. The van der Waals surface area contributed by atoms with Crippen LogP contribution in [0.5, 0.6) is 0 Å². The molecule has 0 saturated carbocycles. The predicted octanol–water partition coefficient (Wildman–Crippen LogP) is 2.27. The number of benzene rings is 1. The SMILES string of the molecule is CCOC(=O)N1CCCN1Cc1ccccc1. The molecule has 0 radical (unpaired) electrons. The lowest BCUT2D eigenvalue weighted by atomic mass is 10.2. The van der Waals surface area contributed by atoms with Crippen molar-refractivity contribution in [2.45, 2.75) is 19.9 Å². The smallest absolute Gasteiger partial charge is 0.424 e. The molecular formula is C13H18N2O2. The Bertz CT molecular complexity index is 367. The van der Waals surface area contributed by atoms with Crippen LogP contribution in [0, 0.1) is 0 Å². The van der Waals surface area contributed by atoms with Gasteiger partial charge >= 0.3 is 6.09 Å². The van der Waals surface area contributed by atoms with Gasteiger partial charge in [0.05, 0.1) is 6.61 Å². The number of carbonyl (C=O) groups excluding carboxylic acids is 1. The number of carbonyl (C=O) groups is 1. The van der Waals surface area contributed by atoms with E-state index in [1.165, 1.54) is 5.56 Å². The number of rotatable bonds is 3. The Hall–Kier alpha value is -1.55. The second-order valence-corrected chi connectivity index (χ2v) is 4.05. The first-order valence-corrected chi connectivity index (χ1v) is 6.04. The molecule has 1 aliphatic rings. The van der Waals surface area contributed by atoms with E-state index in [4.69, 9.17) is 4.74 Å². The number of amides is 1. The van der Waals surface area contributed by atoms with Gasteiger partial charge in [-0.1, -0.05) is 30.3 Å². The van der Waals surface area contributed by atoms with Crippen molar-refractivity contribution in [2.75, 3.05) is 19.7 Å². The Labute approximate surface area is 102 Å². The average molecular weight is 234 g/mol. The second-order valence-electron chi connectivity index (χ2n) is 4.05. The zero-order chi connectivity index (χ0) is 12.1. The Balaban J connectivity index is 1.98. The van der Waals surface area contributed by atoms with E-state index in [0.29, 0.717) is 6.61 Å². The second kappa shape index (κ2) is 5.68. The summed E-state index contributed by atoms with van der Waals surface area (Å²) in [5.41, 5.74) is 1.21. The Morgan fingerprint density at radius 1 is 1.29 bits per heavy atom. The minimum atomic E-state index is -0.235. The molecule has 0 aromatic heterocycles. The van der Waals surface area contributed by atoms with Gasteiger partial charge < -0.3 is 4.74 Å². The Morgan fingerprint density at radius 2 is 2.06 bits per heavy atom. The summed E-state index contributed by atoms with van der Waals surface area (Å²) in [6, 6.07) is 10.2. The molecule has 4 nitrogen and oxygen atoms in total. The number of hydrogen-bond acceptors (Lipinski definition) is 3. The van der Waals surface area contributed by atoms with Gasteiger partial charge in [0.15, 0.2) is 0 Å². The van der Waals surface area contributed by atoms with Crippen LogP contribution >= 0.6 is 0 Å². The van der Waals surface area contributed by atoms with Crippen LogP contribution in [0.15, 0.2) is 30.3 Å². The molecular weight excluding hydrogens is 216 g/mol. The summed E-state index contributed by atoms with van der Waals surface area (Å²) in [6.45, 7) is 4.68. The lowest BCUT2D eigenvalue weighted by Gasteiger charge is -2.26. The van der Waals surface area contributed by atoms with Crippen LogP contribution < -0.4 is 0 Å². The minimum absolute atomic E-state index is 0.235. The standard InChI is InChI=1S/C13H18N2O2/c1-2-17-13(16)15-10-6-9-14(15)11-12-7-4-3-5-8-12/h3-5,7-8H,2,6,9-11H2,1H3. The summed E-state index contributed by atoms with van der Waals surface area (Å²) < 4.78 is 5.04. The first kappa shape index (κ1) is 11.9. The molecule has 4 heteroatoms. The fourth-order valence-electron chi connectivity index (χ4n) is 2.03. The molecule has 1 aromatic carbocycles. The van der Waals surface area contributed by atoms with Crippen molar-refractivity contribution >= 4 is 6.09 Å². The van der Waals surface area contributed by atoms with Crippen molar-refractivity contribution in [3.63, 3.8) is 0 Å². The maximum Gasteiger partial charge on any atom is 0.424 e. The van der Waals surface area contributed by atoms with E-state index >= 15 is 0 Å². The van der Waals surface area contributed by atoms with E-state index < -0.39 is 0 Å². The van der Waals surface area contributed by atoms with Crippen molar-refractivity contribution in [3.8, 4) is 0 Å². The number of nitrogens with zero attached hydrogens (tertiary/aromatic N) is 2. The summed E-state index contributed by atoms with van der Waals surface area (Å²) >= 11 is 0. The zero-order valence-electron chi connectivity index (χ0n) is 10.1. The van der Waals surface area contributed by atoms with Crippen molar-refractivity contribution in [1.82, 2.24) is 10.0 Å². The molecule has 92 valence electrons. The molecule has 0 bridgehead atoms. The Kier molecular flexibility index (Phi) is 3.98. The van der Waals surface area contributed by atoms with Crippen LogP contribution in [0.2, 0.25) is 0 Å². The van der Waals surface area contributed by atoms with Gasteiger partial charge in [-0.2, -0.15) is 0 Å². The maximum absolute atomic E-state index is 11.7. The number of hydrazine groups is 1. The van der Waals surface area contributed by atoms with Gasteiger partial charge in [-0.05, 0) is 18.9 Å². The molecule has 1 fully saturated rings. The molecule has 1 aliphatic heterocycles. The van der Waals surface area contributed by atoms with E-state index in [-0.39, 0.29) is 6.09 Å². The molecule has 1 saturated heterocycles. The van der Waals surface area contributed by atoms with Gasteiger partial charge in [-0.25, -0.2) is 14.8 Å². The molecule has 0 aliphatic carbocycles. The van der Waals surface area contributed by atoms with Gasteiger partial charge in [-0.15, -0.1) is 0 Å². The third-order valence-corrected chi connectivity index (χ3v) is 2.81. The molecule has 1 heterocycles. The van der Waals surface area contributed by atoms with Gasteiger partial charge in [0.25, 0.3) is 0 Å². The van der Waals surface area contributed by atoms with Crippen LogP contribution in [0.1, 0.15) is 18.9 Å². The highest BCUT2D eigenvalue weighted by Gasteiger charge is 2.27. The topological polar surface area (TPSA) is 32.8 Å². The molecule has 0 N–H and O–H groups in total.